The Morgan fingerprint density at radius 3 is 1.71 bits per heavy atom. The third-order valence-electron chi connectivity index (χ3n) is 7.53. The Bertz CT molecular complexity index is 393. The highest BCUT2D eigenvalue weighted by atomic mass is 15.1. The fourth-order valence-corrected chi connectivity index (χ4v) is 5.89. The van der Waals surface area contributed by atoms with Crippen LogP contribution in [0.25, 0.3) is 0 Å². The lowest BCUT2D eigenvalue weighted by Gasteiger charge is -2.51. The molecule has 4 aliphatic rings. The van der Waals surface area contributed by atoms with E-state index in [0.717, 1.165) is 23.3 Å². The van der Waals surface area contributed by atoms with Crippen LogP contribution in [0.1, 0.15) is 106 Å². The van der Waals surface area contributed by atoms with Gasteiger partial charge in [-0.05, 0) is 114 Å². The smallest absolute Gasteiger partial charge is 0.00933 e. The van der Waals surface area contributed by atoms with Gasteiger partial charge in [-0.25, -0.2) is 0 Å². The van der Waals surface area contributed by atoms with Crippen LogP contribution in [0.2, 0.25) is 0 Å². The Kier molecular flexibility index (Phi) is 11.1. The van der Waals surface area contributed by atoms with E-state index in [1.165, 1.54) is 77.4 Å². The van der Waals surface area contributed by atoms with Crippen LogP contribution >= 0.6 is 0 Å². The molecule has 0 unspecified atom stereocenters. The average Bonchev–Trinajstić information content (AvgIpc) is 3.49. The van der Waals surface area contributed by atoms with Gasteiger partial charge in [-0.15, -0.1) is 0 Å². The molecule has 3 saturated carbocycles. The minimum Gasteiger partial charge on any atom is -0.306 e. The first-order chi connectivity index (χ1) is 13.3. The summed E-state index contributed by atoms with van der Waals surface area (Å²) in [4.78, 5) is 5.03. The highest BCUT2D eigenvalue weighted by Crippen LogP contribution is 2.52. The third kappa shape index (κ3) is 7.98. The molecule has 0 aromatic rings. The van der Waals surface area contributed by atoms with E-state index < -0.39 is 0 Å². The zero-order chi connectivity index (χ0) is 21.4. The van der Waals surface area contributed by atoms with Crippen molar-refractivity contribution in [2.45, 2.75) is 112 Å². The van der Waals surface area contributed by atoms with Crippen LogP contribution < -0.4 is 0 Å². The molecular weight excluding hydrogens is 340 g/mol. The van der Waals surface area contributed by atoms with Gasteiger partial charge in [0.15, 0.2) is 0 Å². The molecule has 3 aliphatic carbocycles. The molecular formula is C26H54N2. The van der Waals surface area contributed by atoms with Gasteiger partial charge in [-0.1, -0.05) is 48.5 Å². The lowest BCUT2D eigenvalue weighted by Crippen LogP contribution is -2.45. The molecule has 1 saturated heterocycles. The number of rotatable bonds is 4. The van der Waals surface area contributed by atoms with E-state index >= 15 is 0 Å². The number of hydrogen-bond donors (Lipinski definition) is 0. The topological polar surface area (TPSA) is 6.48 Å². The first-order valence-electron chi connectivity index (χ1n) is 12.7. The highest BCUT2D eigenvalue weighted by Gasteiger charge is 2.43. The molecule has 2 heteroatoms. The fraction of sp³-hybridized carbons (Fsp3) is 1.00. The number of hydrogen-bond acceptors (Lipinski definition) is 2. The first kappa shape index (κ1) is 26.0. The SMILES string of the molecule is CC.CC.CC1CC(C)(CCN(C)C2CC2)C1.CC1CC2(CCN(C)CC2)C1. The lowest BCUT2D eigenvalue weighted by molar-refractivity contribution is 0.000967. The summed E-state index contributed by atoms with van der Waals surface area (Å²) in [6, 6.07) is 0.945. The fourth-order valence-electron chi connectivity index (χ4n) is 5.89. The maximum absolute atomic E-state index is 2.56. The van der Waals surface area contributed by atoms with Crippen LogP contribution in [0.4, 0.5) is 0 Å². The Morgan fingerprint density at radius 1 is 0.857 bits per heavy atom. The van der Waals surface area contributed by atoms with E-state index in [-0.39, 0.29) is 0 Å². The normalized spacial score (nSPS) is 31.3. The Morgan fingerprint density at radius 2 is 1.32 bits per heavy atom. The number of nitrogens with zero attached hydrogens (tertiary/aromatic N) is 2. The molecule has 0 bridgehead atoms. The van der Waals surface area contributed by atoms with Gasteiger partial charge < -0.3 is 9.80 Å². The van der Waals surface area contributed by atoms with Crippen LogP contribution in [0.3, 0.4) is 0 Å². The molecule has 1 heterocycles. The molecule has 1 spiro atoms. The summed E-state index contributed by atoms with van der Waals surface area (Å²) in [6.45, 7) is 19.2. The van der Waals surface area contributed by atoms with Gasteiger partial charge in [0.05, 0.1) is 0 Å². The molecule has 1 aliphatic heterocycles. The summed E-state index contributed by atoms with van der Waals surface area (Å²) in [7, 11) is 4.54. The molecule has 4 fully saturated rings. The van der Waals surface area contributed by atoms with Crippen LogP contribution in [0.5, 0.6) is 0 Å². The predicted octanol–water partition coefficient (Wildman–Crippen LogP) is 7.09. The lowest BCUT2D eigenvalue weighted by atomic mass is 9.58. The maximum atomic E-state index is 2.56. The Labute approximate surface area is 178 Å². The molecule has 0 radical (unpaired) electrons. The zero-order valence-electron chi connectivity index (χ0n) is 21.1. The summed E-state index contributed by atoms with van der Waals surface area (Å²) in [5.41, 5.74) is 1.51. The Hall–Kier alpha value is -0.0800. The van der Waals surface area contributed by atoms with Crippen LogP contribution in [-0.2, 0) is 0 Å². The van der Waals surface area contributed by atoms with Crippen molar-refractivity contribution in [1.29, 1.82) is 0 Å². The summed E-state index contributed by atoms with van der Waals surface area (Å²) in [5.74, 6) is 2.02. The van der Waals surface area contributed by atoms with Gasteiger partial charge in [0.2, 0.25) is 0 Å². The van der Waals surface area contributed by atoms with Gasteiger partial charge in [-0.3, -0.25) is 0 Å². The molecule has 0 aromatic carbocycles. The molecule has 2 nitrogen and oxygen atoms in total. The second-order valence-corrected chi connectivity index (χ2v) is 10.6. The van der Waals surface area contributed by atoms with Crippen LogP contribution in [0, 0.1) is 22.7 Å². The summed E-state index contributed by atoms with van der Waals surface area (Å²) in [5, 5.41) is 0. The van der Waals surface area contributed by atoms with E-state index in [4.69, 9.17) is 0 Å². The van der Waals surface area contributed by atoms with Crippen molar-refractivity contribution in [3.63, 3.8) is 0 Å². The Balaban J connectivity index is 0.000000240. The standard InChI is InChI=1S/C12H23N.C10H19N.2C2H6/c1-10-8-12(2,9-10)6-7-13(3)11-4-5-11;1-9-7-10(8-9)3-5-11(2)6-4-10;2*1-2/h10-11H,4-9H2,1-3H3;9H,3-8H2,1-2H3;2*1-2H3. The monoisotopic (exact) mass is 394 g/mol. The minimum absolute atomic E-state index is 0.697. The van der Waals surface area contributed by atoms with E-state index in [1.54, 1.807) is 0 Å². The molecule has 0 amide bonds. The second kappa shape index (κ2) is 11.9. The van der Waals surface area contributed by atoms with Crippen LogP contribution in [0.15, 0.2) is 0 Å². The van der Waals surface area contributed by atoms with Crippen molar-refractivity contribution in [2.75, 3.05) is 33.7 Å². The van der Waals surface area contributed by atoms with Crippen molar-refractivity contribution in [2.24, 2.45) is 22.7 Å². The molecule has 28 heavy (non-hydrogen) atoms. The van der Waals surface area contributed by atoms with E-state index in [0.29, 0.717) is 5.41 Å². The largest absolute Gasteiger partial charge is 0.306 e. The predicted molar refractivity (Wildman–Crippen MR) is 127 cm³/mol. The summed E-state index contributed by atoms with van der Waals surface area (Å²) < 4.78 is 0. The van der Waals surface area contributed by atoms with Crippen molar-refractivity contribution in [3.8, 4) is 0 Å². The van der Waals surface area contributed by atoms with Crippen molar-refractivity contribution >= 4 is 0 Å². The average molecular weight is 395 g/mol. The van der Waals surface area contributed by atoms with Gasteiger partial charge >= 0.3 is 0 Å². The van der Waals surface area contributed by atoms with Crippen LogP contribution in [-0.4, -0.2) is 49.6 Å². The molecule has 4 rings (SSSR count). The number of piperidine rings is 1. The molecule has 168 valence electrons. The van der Waals surface area contributed by atoms with Gasteiger partial charge in [0.25, 0.3) is 0 Å². The summed E-state index contributed by atoms with van der Waals surface area (Å²) >= 11 is 0. The van der Waals surface area contributed by atoms with Gasteiger partial charge in [0, 0.05) is 6.04 Å². The van der Waals surface area contributed by atoms with Crippen molar-refractivity contribution in [1.82, 2.24) is 9.80 Å². The van der Waals surface area contributed by atoms with Gasteiger partial charge in [0.1, 0.15) is 0 Å². The highest BCUT2D eigenvalue weighted by molar-refractivity contribution is 4.95. The third-order valence-corrected chi connectivity index (χ3v) is 7.53. The summed E-state index contributed by atoms with van der Waals surface area (Å²) in [6.07, 6.45) is 13.2. The number of likely N-dealkylation sites (tertiary alicyclic amines) is 1. The minimum atomic E-state index is 0.697. The van der Waals surface area contributed by atoms with Gasteiger partial charge in [-0.2, -0.15) is 0 Å². The maximum Gasteiger partial charge on any atom is 0.00933 e. The molecule has 0 atom stereocenters. The van der Waals surface area contributed by atoms with E-state index in [1.807, 2.05) is 27.7 Å². The van der Waals surface area contributed by atoms with E-state index in [9.17, 15) is 0 Å². The molecule has 0 N–H and O–H groups in total. The van der Waals surface area contributed by atoms with E-state index in [2.05, 4.69) is 44.7 Å². The zero-order valence-corrected chi connectivity index (χ0v) is 21.1. The van der Waals surface area contributed by atoms with Crippen molar-refractivity contribution in [3.05, 3.63) is 0 Å². The molecule has 0 aromatic heterocycles. The first-order valence-corrected chi connectivity index (χ1v) is 12.7. The van der Waals surface area contributed by atoms with Crippen molar-refractivity contribution < 1.29 is 0 Å². The quantitative estimate of drug-likeness (QED) is 0.502. The second-order valence-electron chi connectivity index (χ2n) is 10.6.